The summed E-state index contributed by atoms with van der Waals surface area (Å²) in [5.41, 5.74) is 1.73. The number of benzene rings is 2. The number of hydrogen-bond acceptors (Lipinski definition) is 1. The second kappa shape index (κ2) is 4.46. The maximum absolute atomic E-state index is 13.7. The van der Waals surface area contributed by atoms with Crippen molar-refractivity contribution in [1.82, 2.24) is 0 Å². The van der Waals surface area contributed by atoms with E-state index < -0.39 is 11.6 Å². The van der Waals surface area contributed by atoms with E-state index in [1.165, 1.54) is 22.8 Å². The topological polar surface area (TPSA) is 12.2 Å². The van der Waals surface area contributed by atoms with Crippen molar-refractivity contribution < 1.29 is 18.1 Å². The van der Waals surface area contributed by atoms with Gasteiger partial charge in [0.05, 0.1) is 5.56 Å². The monoisotopic (exact) mass is 260 g/mol. The lowest BCUT2D eigenvalue weighted by molar-refractivity contribution is -0.480. The van der Waals surface area contributed by atoms with E-state index in [2.05, 4.69) is 0 Å². The van der Waals surface area contributed by atoms with Gasteiger partial charge in [0.1, 0.15) is 5.75 Å². The van der Waals surface area contributed by atoms with Crippen LogP contribution in [0.4, 0.5) is 14.5 Å². The molecule has 0 aliphatic carbocycles. The van der Waals surface area contributed by atoms with Gasteiger partial charge in [-0.1, -0.05) is 18.2 Å². The molecule has 1 aliphatic rings. The highest BCUT2D eigenvalue weighted by Gasteiger charge is 2.26. The van der Waals surface area contributed by atoms with Crippen LogP contribution in [0.5, 0.6) is 5.75 Å². The normalized spacial score (nSPS) is 13.5. The number of nitrogens with zero attached hydrogens (tertiary/aromatic N) is 1. The lowest BCUT2D eigenvalue weighted by atomic mass is 10.1. The van der Waals surface area contributed by atoms with Crippen LogP contribution in [0.15, 0.2) is 36.4 Å². The highest BCUT2D eigenvalue weighted by Crippen LogP contribution is 2.28. The van der Waals surface area contributed by atoms with E-state index in [1.54, 1.807) is 6.21 Å². The third-order valence-electron chi connectivity index (χ3n) is 3.11. The van der Waals surface area contributed by atoms with Crippen LogP contribution >= 0.6 is 0 Å². The van der Waals surface area contributed by atoms with Crippen LogP contribution in [0.2, 0.25) is 0 Å². The Morgan fingerprint density at radius 2 is 1.74 bits per heavy atom. The summed E-state index contributed by atoms with van der Waals surface area (Å²) in [7, 11) is 0. The average molecular weight is 260 g/mol. The zero-order valence-corrected chi connectivity index (χ0v) is 10.4. The van der Waals surface area contributed by atoms with Crippen LogP contribution in [0.3, 0.4) is 0 Å². The molecule has 0 N–H and O–H groups in total. The zero-order valence-electron chi connectivity index (χ0n) is 10.4. The van der Waals surface area contributed by atoms with Gasteiger partial charge >= 0.3 is 0 Å². The van der Waals surface area contributed by atoms with Gasteiger partial charge in [-0.05, 0) is 30.7 Å². The lowest BCUT2D eigenvalue weighted by Gasteiger charge is -2.15. The molecule has 3 rings (SSSR count). The van der Waals surface area contributed by atoms with Crippen molar-refractivity contribution in [3.05, 3.63) is 59.2 Å². The fraction of sp³-hybridized carbons (Fsp3) is 0.133. The van der Waals surface area contributed by atoms with Crippen LogP contribution in [0.1, 0.15) is 11.1 Å². The molecule has 0 aromatic heterocycles. The standard InChI is InChI=1S/C15H12F2NO/c1-10-4-2-5-11-8-18(9-19-15(10)11)14-12(16)6-3-7-13(14)17/h2-8H,9H2,1H3/q+1. The predicted molar refractivity (Wildman–Crippen MR) is 68.1 cm³/mol. The molecule has 2 aromatic carbocycles. The molecule has 0 saturated carbocycles. The molecular weight excluding hydrogens is 248 g/mol. The van der Waals surface area contributed by atoms with Gasteiger partial charge in [-0.2, -0.15) is 13.4 Å². The van der Waals surface area contributed by atoms with E-state index in [-0.39, 0.29) is 12.4 Å². The van der Waals surface area contributed by atoms with Gasteiger partial charge in [-0.15, -0.1) is 0 Å². The van der Waals surface area contributed by atoms with Crippen molar-refractivity contribution in [1.29, 1.82) is 0 Å². The Hall–Kier alpha value is -2.23. The van der Waals surface area contributed by atoms with Crippen LogP contribution < -0.4 is 4.74 Å². The molecule has 0 amide bonds. The van der Waals surface area contributed by atoms with Gasteiger partial charge in [0, 0.05) is 0 Å². The van der Waals surface area contributed by atoms with Gasteiger partial charge in [-0.25, -0.2) is 0 Å². The molecule has 1 aliphatic heterocycles. The van der Waals surface area contributed by atoms with Crippen LogP contribution in [0, 0.1) is 18.6 Å². The Labute approximate surface area is 109 Å². The fourth-order valence-corrected chi connectivity index (χ4v) is 2.21. The molecule has 19 heavy (non-hydrogen) atoms. The number of para-hydroxylation sites is 2. The average Bonchev–Trinajstić information content (AvgIpc) is 2.39. The quantitative estimate of drug-likeness (QED) is 0.716. The van der Waals surface area contributed by atoms with Crippen LogP contribution in [-0.2, 0) is 0 Å². The summed E-state index contributed by atoms with van der Waals surface area (Å²) in [5.74, 6) is -0.442. The van der Waals surface area contributed by atoms with Crippen molar-refractivity contribution in [2.75, 3.05) is 6.73 Å². The summed E-state index contributed by atoms with van der Waals surface area (Å²) in [6.45, 7) is 2.03. The minimum atomic E-state index is -0.601. The van der Waals surface area contributed by atoms with Crippen molar-refractivity contribution in [3.8, 4) is 5.75 Å². The van der Waals surface area contributed by atoms with Crippen molar-refractivity contribution in [2.24, 2.45) is 0 Å². The predicted octanol–water partition coefficient (Wildman–Crippen LogP) is 3.39. The maximum Gasteiger partial charge on any atom is 0.292 e. The molecule has 0 bridgehead atoms. The second-order valence-corrected chi connectivity index (χ2v) is 4.44. The van der Waals surface area contributed by atoms with Crippen molar-refractivity contribution in [2.45, 2.75) is 6.92 Å². The molecule has 0 unspecified atom stereocenters. The number of halogens is 2. The summed E-state index contributed by atoms with van der Waals surface area (Å²) in [6.07, 6.45) is 1.70. The van der Waals surface area contributed by atoms with Gasteiger partial charge in [-0.3, -0.25) is 0 Å². The third-order valence-corrected chi connectivity index (χ3v) is 3.11. The molecule has 2 nitrogen and oxygen atoms in total. The highest BCUT2D eigenvalue weighted by molar-refractivity contribution is 5.82. The van der Waals surface area contributed by atoms with E-state index >= 15 is 0 Å². The van der Waals surface area contributed by atoms with E-state index in [4.69, 9.17) is 4.74 Å². The molecule has 96 valence electrons. The number of rotatable bonds is 1. The number of hydrogen-bond donors (Lipinski definition) is 0. The Morgan fingerprint density at radius 3 is 2.47 bits per heavy atom. The second-order valence-electron chi connectivity index (χ2n) is 4.44. The molecule has 1 heterocycles. The number of ether oxygens (including phenoxy) is 1. The van der Waals surface area contributed by atoms with E-state index in [9.17, 15) is 8.78 Å². The van der Waals surface area contributed by atoms with Gasteiger partial charge in [0.25, 0.3) is 12.4 Å². The van der Waals surface area contributed by atoms with E-state index in [0.29, 0.717) is 0 Å². The van der Waals surface area contributed by atoms with E-state index in [0.717, 1.165) is 16.9 Å². The molecular formula is C15H12F2NO+. The largest absolute Gasteiger partial charge is 0.435 e. The number of aryl methyl sites for hydroxylation is 1. The first-order chi connectivity index (χ1) is 9.16. The summed E-state index contributed by atoms with van der Waals surface area (Å²) in [6, 6.07) is 9.49. The van der Waals surface area contributed by atoms with Gasteiger partial charge in [0.2, 0.25) is 0 Å². The molecule has 2 aromatic rings. The molecule has 0 atom stereocenters. The van der Waals surface area contributed by atoms with E-state index in [1.807, 2.05) is 25.1 Å². The molecule has 0 radical (unpaired) electrons. The first-order valence-electron chi connectivity index (χ1n) is 5.95. The third kappa shape index (κ3) is 1.99. The summed E-state index contributed by atoms with van der Waals surface area (Å²) in [4.78, 5) is 0. The molecule has 0 fully saturated rings. The first kappa shape index (κ1) is 11.8. The minimum absolute atomic E-state index is 0.0883. The molecule has 0 spiro atoms. The highest BCUT2D eigenvalue weighted by atomic mass is 19.1. The van der Waals surface area contributed by atoms with Gasteiger partial charge in [0.15, 0.2) is 17.8 Å². The van der Waals surface area contributed by atoms with Crippen LogP contribution in [-0.4, -0.2) is 17.5 Å². The zero-order chi connectivity index (χ0) is 13.4. The Kier molecular flexibility index (Phi) is 2.78. The first-order valence-corrected chi connectivity index (χ1v) is 5.95. The number of fused-ring (bicyclic) bond motifs is 1. The van der Waals surface area contributed by atoms with Crippen molar-refractivity contribution >= 4 is 11.9 Å². The summed E-state index contributed by atoms with van der Waals surface area (Å²) < 4.78 is 34.5. The molecule has 0 saturated heterocycles. The van der Waals surface area contributed by atoms with Crippen LogP contribution in [0.25, 0.3) is 0 Å². The lowest BCUT2D eigenvalue weighted by Crippen LogP contribution is -2.22. The maximum atomic E-state index is 13.7. The Balaban J connectivity index is 2.14. The summed E-state index contributed by atoms with van der Waals surface area (Å²) in [5, 5.41) is 0. The Bertz CT molecular complexity index is 660. The summed E-state index contributed by atoms with van der Waals surface area (Å²) >= 11 is 0. The fourth-order valence-electron chi connectivity index (χ4n) is 2.21. The smallest absolute Gasteiger partial charge is 0.292 e. The SMILES string of the molecule is Cc1cccc2c1OC[N+](c1c(F)cccc1F)=C2. The van der Waals surface area contributed by atoms with Crippen molar-refractivity contribution in [3.63, 3.8) is 0 Å². The molecule has 4 heteroatoms. The minimum Gasteiger partial charge on any atom is -0.435 e. The van der Waals surface area contributed by atoms with Gasteiger partial charge < -0.3 is 4.74 Å². The Morgan fingerprint density at radius 1 is 1.05 bits per heavy atom.